The van der Waals surface area contributed by atoms with Crippen molar-refractivity contribution in [3.05, 3.63) is 59.9 Å². The summed E-state index contributed by atoms with van der Waals surface area (Å²) >= 11 is 0. The summed E-state index contributed by atoms with van der Waals surface area (Å²) in [6.45, 7) is 0. The lowest BCUT2D eigenvalue weighted by molar-refractivity contribution is -0.116. The number of imidazole rings is 1. The van der Waals surface area contributed by atoms with Crippen LogP contribution in [0.4, 0.5) is 5.69 Å². The van der Waals surface area contributed by atoms with Crippen LogP contribution in [-0.4, -0.2) is 15.9 Å². The monoisotopic (exact) mass is 305 g/mol. The van der Waals surface area contributed by atoms with Crippen LogP contribution in [0.2, 0.25) is 0 Å². The van der Waals surface area contributed by atoms with Gasteiger partial charge in [0.15, 0.2) is 0 Å². The molecule has 23 heavy (non-hydrogen) atoms. The first kappa shape index (κ1) is 14.0. The van der Waals surface area contributed by atoms with E-state index in [0.29, 0.717) is 12.3 Å². The van der Waals surface area contributed by atoms with E-state index in [1.54, 1.807) is 0 Å². The average molecular weight is 305 g/mol. The number of carbonyl (C=O) groups is 1. The van der Waals surface area contributed by atoms with E-state index in [-0.39, 0.29) is 5.91 Å². The number of aryl methyl sites for hydroxylation is 1. The number of H-pyrrole nitrogens is 1. The standard InChI is InChI=1S/C19H19N3O/c23-18(11-6-13-4-2-1-3-5-13)20-15-9-10-16-17(12-15)22-19(21-16)14-7-8-14/h1-5,9-10,12,14H,6-8,11H2,(H,20,23)(H,21,22). The number of hydrogen-bond acceptors (Lipinski definition) is 2. The fourth-order valence-corrected chi connectivity index (χ4v) is 2.78. The molecule has 0 saturated heterocycles. The van der Waals surface area contributed by atoms with Crippen molar-refractivity contribution in [3.8, 4) is 0 Å². The largest absolute Gasteiger partial charge is 0.342 e. The third-order valence-electron chi connectivity index (χ3n) is 4.23. The molecule has 0 unspecified atom stereocenters. The number of aromatic amines is 1. The second kappa shape index (κ2) is 5.88. The van der Waals surface area contributed by atoms with Crippen LogP contribution in [0, 0.1) is 0 Å². The van der Waals surface area contributed by atoms with E-state index in [2.05, 4.69) is 15.3 Å². The van der Waals surface area contributed by atoms with Gasteiger partial charge in [-0.3, -0.25) is 4.79 Å². The summed E-state index contributed by atoms with van der Waals surface area (Å²) in [5.41, 5.74) is 3.96. The summed E-state index contributed by atoms with van der Waals surface area (Å²) in [5, 5.41) is 2.97. The fourth-order valence-electron chi connectivity index (χ4n) is 2.78. The molecular formula is C19H19N3O. The van der Waals surface area contributed by atoms with E-state index in [0.717, 1.165) is 29.0 Å². The van der Waals surface area contributed by atoms with Gasteiger partial charge >= 0.3 is 0 Å². The van der Waals surface area contributed by atoms with Crippen LogP contribution in [0.5, 0.6) is 0 Å². The molecule has 1 aliphatic rings. The van der Waals surface area contributed by atoms with Crippen LogP contribution in [-0.2, 0) is 11.2 Å². The highest BCUT2D eigenvalue weighted by molar-refractivity contribution is 5.93. The summed E-state index contributed by atoms with van der Waals surface area (Å²) in [6.07, 6.45) is 3.69. The zero-order valence-corrected chi connectivity index (χ0v) is 12.9. The number of carbonyl (C=O) groups excluding carboxylic acids is 1. The van der Waals surface area contributed by atoms with Gasteiger partial charge in [0.25, 0.3) is 0 Å². The number of hydrogen-bond donors (Lipinski definition) is 2. The smallest absolute Gasteiger partial charge is 0.224 e. The predicted molar refractivity (Wildman–Crippen MR) is 91.5 cm³/mol. The van der Waals surface area contributed by atoms with Gasteiger partial charge < -0.3 is 10.3 Å². The van der Waals surface area contributed by atoms with Crippen molar-refractivity contribution in [1.82, 2.24) is 9.97 Å². The molecule has 1 saturated carbocycles. The molecule has 4 heteroatoms. The van der Waals surface area contributed by atoms with Gasteiger partial charge in [0, 0.05) is 18.0 Å². The van der Waals surface area contributed by atoms with Crippen molar-refractivity contribution in [2.75, 3.05) is 5.32 Å². The van der Waals surface area contributed by atoms with Crippen molar-refractivity contribution in [2.45, 2.75) is 31.6 Å². The molecule has 0 radical (unpaired) electrons. The number of aromatic nitrogens is 2. The van der Waals surface area contributed by atoms with Crippen LogP contribution in [0.1, 0.15) is 36.6 Å². The molecule has 1 heterocycles. The van der Waals surface area contributed by atoms with Gasteiger partial charge in [0.2, 0.25) is 5.91 Å². The molecule has 4 rings (SSSR count). The molecule has 1 amide bonds. The van der Waals surface area contributed by atoms with Crippen molar-refractivity contribution >= 4 is 22.6 Å². The minimum absolute atomic E-state index is 0.0372. The van der Waals surface area contributed by atoms with E-state index in [1.807, 2.05) is 48.5 Å². The first-order valence-electron chi connectivity index (χ1n) is 8.11. The molecule has 0 atom stereocenters. The quantitative estimate of drug-likeness (QED) is 0.748. The lowest BCUT2D eigenvalue weighted by atomic mass is 10.1. The third-order valence-corrected chi connectivity index (χ3v) is 4.23. The van der Waals surface area contributed by atoms with Crippen LogP contribution in [0.15, 0.2) is 48.5 Å². The first-order chi connectivity index (χ1) is 11.3. The Kier molecular flexibility index (Phi) is 3.58. The molecular weight excluding hydrogens is 286 g/mol. The zero-order chi connectivity index (χ0) is 15.6. The molecule has 1 aromatic heterocycles. The van der Waals surface area contributed by atoms with Gasteiger partial charge in [0.05, 0.1) is 11.0 Å². The van der Waals surface area contributed by atoms with Crippen LogP contribution >= 0.6 is 0 Å². The number of nitrogens with one attached hydrogen (secondary N) is 2. The maximum absolute atomic E-state index is 12.1. The highest BCUT2D eigenvalue weighted by atomic mass is 16.1. The van der Waals surface area contributed by atoms with Gasteiger partial charge in [-0.05, 0) is 43.0 Å². The SMILES string of the molecule is O=C(CCc1ccccc1)Nc1ccc2nc(C3CC3)[nH]c2c1. The van der Waals surface area contributed by atoms with Gasteiger partial charge in [-0.15, -0.1) is 0 Å². The lowest BCUT2D eigenvalue weighted by Gasteiger charge is -2.05. The van der Waals surface area contributed by atoms with Gasteiger partial charge in [0.1, 0.15) is 5.82 Å². The Morgan fingerprint density at radius 1 is 1.17 bits per heavy atom. The molecule has 0 spiro atoms. The Labute approximate surface area is 134 Å². The van der Waals surface area contributed by atoms with Crippen LogP contribution in [0.25, 0.3) is 11.0 Å². The van der Waals surface area contributed by atoms with E-state index in [9.17, 15) is 4.79 Å². The molecule has 0 aliphatic heterocycles. The number of rotatable bonds is 5. The summed E-state index contributed by atoms with van der Waals surface area (Å²) in [4.78, 5) is 20.1. The summed E-state index contributed by atoms with van der Waals surface area (Å²) in [7, 11) is 0. The molecule has 2 N–H and O–H groups in total. The maximum atomic E-state index is 12.1. The number of fused-ring (bicyclic) bond motifs is 1. The minimum Gasteiger partial charge on any atom is -0.342 e. The third kappa shape index (κ3) is 3.26. The highest BCUT2D eigenvalue weighted by Crippen LogP contribution is 2.39. The average Bonchev–Trinajstić information content (AvgIpc) is 3.34. The van der Waals surface area contributed by atoms with Crippen LogP contribution in [0.3, 0.4) is 0 Å². The Morgan fingerprint density at radius 3 is 2.78 bits per heavy atom. The Hall–Kier alpha value is -2.62. The van der Waals surface area contributed by atoms with Crippen molar-refractivity contribution in [3.63, 3.8) is 0 Å². The molecule has 2 aromatic carbocycles. The Bertz CT molecular complexity index is 834. The minimum atomic E-state index is 0.0372. The normalized spacial score (nSPS) is 14.1. The molecule has 4 nitrogen and oxygen atoms in total. The first-order valence-corrected chi connectivity index (χ1v) is 8.11. The second-order valence-electron chi connectivity index (χ2n) is 6.16. The summed E-state index contributed by atoms with van der Waals surface area (Å²) < 4.78 is 0. The Morgan fingerprint density at radius 2 is 2.00 bits per heavy atom. The van der Waals surface area contributed by atoms with E-state index in [1.165, 1.54) is 18.4 Å². The van der Waals surface area contributed by atoms with Gasteiger partial charge in [-0.1, -0.05) is 30.3 Å². The van der Waals surface area contributed by atoms with Crippen molar-refractivity contribution in [2.24, 2.45) is 0 Å². The number of anilines is 1. The Balaban J connectivity index is 1.41. The van der Waals surface area contributed by atoms with Gasteiger partial charge in [-0.2, -0.15) is 0 Å². The van der Waals surface area contributed by atoms with E-state index >= 15 is 0 Å². The van der Waals surface area contributed by atoms with E-state index < -0.39 is 0 Å². The van der Waals surface area contributed by atoms with Gasteiger partial charge in [-0.25, -0.2) is 4.98 Å². The second-order valence-corrected chi connectivity index (χ2v) is 6.16. The summed E-state index contributed by atoms with van der Waals surface area (Å²) in [5.74, 6) is 1.72. The van der Waals surface area contributed by atoms with Crippen molar-refractivity contribution in [1.29, 1.82) is 0 Å². The van der Waals surface area contributed by atoms with E-state index in [4.69, 9.17) is 0 Å². The summed E-state index contributed by atoms with van der Waals surface area (Å²) in [6, 6.07) is 15.9. The van der Waals surface area contributed by atoms with Crippen molar-refractivity contribution < 1.29 is 4.79 Å². The highest BCUT2D eigenvalue weighted by Gasteiger charge is 2.26. The molecule has 1 aliphatic carbocycles. The number of nitrogens with zero attached hydrogens (tertiary/aromatic N) is 1. The maximum Gasteiger partial charge on any atom is 0.224 e. The predicted octanol–water partition coefficient (Wildman–Crippen LogP) is 4.01. The lowest BCUT2D eigenvalue weighted by Crippen LogP contribution is -2.12. The molecule has 0 bridgehead atoms. The topological polar surface area (TPSA) is 57.8 Å². The molecule has 116 valence electrons. The molecule has 1 fully saturated rings. The number of benzene rings is 2. The molecule has 3 aromatic rings. The van der Waals surface area contributed by atoms with Crippen LogP contribution < -0.4 is 5.32 Å². The number of amides is 1. The fraction of sp³-hybridized carbons (Fsp3) is 0.263. The zero-order valence-electron chi connectivity index (χ0n) is 12.9.